The van der Waals surface area contributed by atoms with E-state index in [1.165, 1.54) is 80.1 Å². The van der Waals surface area contributed by atoms with Crippen LogP contribution >= 0.6 is 12.0 Å². The summed E-state index contributed by atoms with van der Waals surface area (Å²) in [5.41, 5.74) is 4.30. The minimum Gasteiger partial charge on any atom is -0.376 e. The third kappa shape index (κ3) is 33.3. The van der Waals surface area contributed by atoms with Crippen molar-refractivity contribution in [3.8, 4) is 12.8 Å². The highest BCUT2D eigenvalue weighted by atomic mass is 32.2. The Kier molecular flexibility index (Phi) is 38.3. The number of nitrogens with zero attached hydrogens (tertiary/aromatic N) is 2. The molecule has 244 valence electrons. The molecule has 0 saturated heterocycles. The molecule has 1 aromatic carbocycles. The van der Waals surface area contributed by atoms with Crippen molar-refractivity contribution < 1.29 is 9.02 Å². The molecule has 0 N–H and O–H groups in total. The van der Waals surface area contributed by atoms with E-state index in [4.69, 9.17) is 9.02 Å². The van der Waals surface area contributed by atoms with E-state index in [0.29, 0.717) is 0 Å². The van der Waals surface area contributed by atoms with Crippen molar-refractivity contribution in [1.29, 1.82) is 0 Å². The number of benzene rings is 1. The first kappa shape index (κ1) is 46.9. The average Bonchev–Trinajstić information content (AvgIpc) is 2.95. The van der Waals surface area contributed by atoms with Gasteiger partial charge in [0.05, 0.1) is 12.3 Å². The van der Waals surface area contributed by atoms with Crippen LogP contribution in [-0.2, 0) is 15.4 Å². The fourth-order valence-electron chi connectivity index (χ4n) is 3.62. The van der Waals surface area contributed by atoms with Gasteiger partial charge in [0, 0.05) is 32.0 Å². The third-order valence-electron chi connectivity index (χ3n) is 6.40. The fraction of sp³-hybridized carbons (Fsp3) is 0.778. The molecule has 0 spiro atoms. The van der Waals surface area contributed by atoms with Gasteiger partial charge in [-0.3, -0.25) is 4.90 Å². The van der Waals surface area contributed by atoms with Gasteiger partial charge < -0.3 is 4.74 Å². The smallest absolute Gasteiger partial charge is 0.0763 e. The normalized spacial score (nSPS) is 11.2. The van der Waals surface area contributed by atoms with Gasteiger partial charge in [-0.25, -0.2) is 4.28 Å². The first-order chi connectivity index (χ1) is 19.5. The molecule has 0 radical (unpaired) electrons. The van der Waals surface area contributed by atoms with Crippen LogP contribution < -0.4 is 0 Å². The lowest BCUT2D eigenvalue weighted by molar-refractivity contribution is -0.0488. The minimum atomic E-state index is 0.0520. The molecule has 5 heteroatoms. The van der Waals surface area contributed by atoms with Crippen molar-refractivity contribution in [2.45, 2.75) is 140 Å². The molecule has 1 aromatic rings. The summed E-state index contributed by atoms with van der Waals surface area (Å²) < 4.78 is 11.3. The number of ether oxygens (including phenoxy) is 1. The highest BCUT2D eigenvalue weighted by molar-refractivity contribution is 7.93. The summed E-state index contributed by atoms with van der Waals surface area (Å²) in [4.78, 5) is 2.28. The van der Waals surface area contributed by atoms with Crippen LogP contribution in [0.3, 0.4) is 0 Å². The average molecular weight is 597 g/mol. The minimum absolute atomic E-state index is 0.0520. The Morgan fingerprint density at radius 2 is 1.54 bits per heavy atom. The standard InChI is InChI=1S/C19H32O.C10H24N2OS.C3H8.C2H6.C2H2/c1-6-7-13-19(4,5)20-14-9-8-10-18-12-11-16(2)17(3)15-18;1-6-10(2)7-8-11(3)9-12(4)13-14-5;1-3-2;2*1-2/h11-12,15H,6-10,13-14H2,1-5H3;10H,6-9H2,1-5H3;3H2,1-2H3;1-2H3;1-2H. The van der Waals surface area contributed by atoms with Gasteiger partial charge in [-0.2, -0.15) is 5.06 Å². The van der Waals surface area contributed by atoms with Crippen LogP contribution in [0.5, 0.6) is 0 Å². The van der Waals surface area contributed by atoms with Gasteiger partial charge in [0.1, 0.15) is 0 Å². The van der Waals surface area contributed by atoms with Crippen LogP contribution in [0.15, 0.2) is 18.2 Å². The molecule has 41 heavy (non-hydrogen) atoms. The Morgan fingerprint density at radius 1 is 0.951 bits per heavy atom. The summed E-state index contributed by atoms with van der Waals surface area (Å²) in [5, 5.41) is 1.85. The second kappa shape index (κ2) is 33.5. The zero-order chi connectivity index (χ0) is 32.7. The molecule has 4 nitrogen and oxygen atoms in total. The quantitative estimate of drug-likeness (QED) is 0.0585. The van der Waals surface area contributed by atoms with Crippen molar-refractivity contribution in [2.24, 2.45) is 5.92 Å². The maximum Gasteiger partial charge on any atom is 0.0763 e. The highest BCUT2D eigenvalue weighted by Crippen LogP contribution is 2.19. The van der Waals surface area contributed by atoms with Crippen molar-refractivity contribution >= 4 is 12.0 Å². The Bertz CT molecular complexity index is 679. The first-order valence-corrected chi connectivity index (χ1v) is 17.2. The molecule has 0 saturated carbocycles. The summed E-state index contributed by atoms with van der Waals surface area (Å²) >= 11 is 1.38. The second-order valence-corrected chi connectivity index (χ2v) is 11.7. The van der Waals surface area contributed by atoms with E-state index in [1.807, 2.05) is 32.2 Å². The monoisotopic (exact) mass is 597 g/mol. The molecular weight excluding hydrogens is 524 g/mol. The molecule has 0 fully saturated rings. The van der Waals surface area contributed by atoms with Gasteiger partial charge in [-0.1, -0.05) is 92.3 Å². The molecule has 1 rings (SSSR count). The molecule has 0 aliphatic heterocycles. The zero-order valence-corrected chi connectivity index (χ0v) is 30.9. The molecule has 0 bridgehead atoms. The summed E-state index contributed by atoms with van der Waals surface area (Å²) in [6, 6.07) is 6.81. The second-order valence-electron chi connectivity index (χ2n) is 11.2. The molecule has 0 aromatic heterocycles. The molecule has 1 atom stereocenters. The largest absolute Gasteiger partial charge is 0.376 e. The third-order valence-corrected chi connectivity index (χ3v) is 6.80. The molecule has 0 aliphatic carbocycles. The van der Waals surface area contributed by atoms with Crippen LogP contribution in [0.25, 0.3) is 0 Å². The van der Waals surface area contributed by atoms with Crippen LogP contribution in [0.1, 0.15) is 130 Å². The lowest BCUT2D eigenvalue weighted by Crippen LogP contribution is -2.32. The molecule has 0 aliphatic rings. The Labute approximate surface area is 263 Å². The zero-order valence-electron chi connectivity index (χ0n) is 30.1. The summed E-state index contributed by atoms with van der Waals surface area (Å²) in [6.07, 6.45) is 20.9. The van der Waals surface area contributed by atoms with Gasteiger partial charge in [-0.05, 0) is 96.0 Å². The van der Waals surface area contributed by atoms with E-state index in [1.54, 1.807) is 0 Å². The maximum atomic E-state index is 6.01. The van der Waals surface area contributed by atoms with Crippen molar-refractivity contribution in [1.82, 2.24) is 9.96 Å². The number of hydrogen-bond acceptors (Lipinski definition) is 5. The number of hydroxylamine groups is 2. The van der Waals surface area contributed by atoms with Crippen LogP contribution in [-0.4, -0.2) is 55.7 Å². The lowest BCUT2D eigenvalue weighted by atomic mass is 10.0. The van der Waals surface area contributed by atoms with Gasteiger partial charge in [0.25, 0.3) is 0 Å². The first-order valence-electron chi connectivity index (χ1n) is 16.1. The topological polar surface area (TPSA) is 24.9 Å². The predicted octanol–water partition coefficient (Wildman–Crippen LogP) is 10.8. The summed E-state index contributed by atoms with van der Waals surface area (Å²) in [6.45, 7) is 26.7. The van der Waals surface area contributed by atoms with Crippen molar-refractivity contribution in [3.63, 3.8) is 0 Å². The van der Waals surface area contributed by atoms with E-state index in [0.717, 1.165) is 32.2 Å². The summed E-state index contributed by atoms with van der Waals surface area (Å²) in [7, 11) is 4.08. The van der Waals surface area contributed by atoms with Gasteiger partial charge in [0.15, 0.2) is 0 Å². The number of hydrogen-bond donors (Lipinski definition) is 0. The van der Waals surface area contributed by atoms with Crippen LogP contribution in [0.4, 0.5) is 0 Å². The summed E-state index contributed by atoms with van der Waals surface area (Å²) in [5.74, 6) is 0.823. The SMILES string of the molecule is C#C.CC.CCC.CCC(C)CCN(C)CN(C)OSC.CCCCC(C)(C)OCCCCc1ccc(C)c(C)c1. The lowest BCUT2D eigenvalue weighted by Gasteiger charge is -2.25. The Hall–Kier alpha value is -1.03. The van der Waals surface area contributed by atoms with Gasteiger partial charge >= 0.3 is 0 Å². The van der Waals surface area contributed by atoms with E-state index in [2.05, 4.69) is 105 Å². The highest BCUT2D eigenvalue weighted by Gasteiger charge is 2.16. The maximum absolute atomic E-state index is 6.01. The number of aryl methyl sites for hydroxylation is 3. The van der Waals surface area contributed by atoms with E-state index in [-0.39, 0.29) is 5.60 Å². The number of unbranched alkanes of at least 4 members (excludes halogenated alkanes) is 2. The molecule has 0 heterocycles. The molecular formula is C36H72N2O2S. The van der Waals surface area contributed by atoms with Gasteiger partial charge in [-0.15, -0.1) is 12.8 Å². The molecule has 0 amide bonds. The number of rotatable bonds is 17. The fourth-order valence-corrected chi connectivity index (χ4v) is 3.92. The van der Waals surface area contributed by atoms with Crippen molar-refractivity contribution in [3.05, 3.63) is 34.9 Å². The van der Waals surface area contributed by atoms with E-state index < -0.39 is 0 Å². The number of terminal acetylenes is 1. The van der Waals surface area contributed by atoms with Gasteiger partial charge in [0.2, 0.25) is 0 Å². The van der Waals surface area contributed by atoms with E-state index in [9.17, 15) is 0 Å². The van der Waals surface area contributed by atoms with Crippen molar-refractivity contribution in [2.75, 3.05) is 40.2 Å². The van der Waals surface area contributed by atoms with Crippen LogP contribution in [0.2, 0.25) is 0 Å². The molecule has 1 unspecified atom stereocenters. The Morgan fingerprint density at radius 3 is 2.02 bits per heavy atom. The van der Waals surface area contributed by atoms with E-state index >= 15 is 0 Å². The Balaban J connectivity index is -0.000000284. The van der Waals surface area contributed by atoms with Crippen LogP contribution in [0, 0.1) is 32.6 Å². The predicted molar refractivity (Wildman–Crippen MR) is 190 cm³/mol.